The van der Waals surface area contributed by atoms with Gasteiger partial charge in [-0.2, -0.15) is 0 Å². The third-order valence-electron chi connectivity index (χ3n) is 4.20. The molecule has 2 aromatic carbocycles. The normalized spacial score (nSPS) is 17.9. The maximum absolute atomic E-state index is 12.3. The van der Waals surface area contributed by atoms with Gasteiger partial charge >= 0.3 is 0 Å². The second-order valence-corrected chi connectivity index (χ2v) is 6.04. The maximum Gasteiger partial charge on any atom is 0.265 e. The number of fused-ring (bicyclic) bond motifs is 2. The van der Waals surface area contributed by atoms with E-state index in [-0.39, 0.29) is 31.1 Å². The third-order valence-corrected chi connectivity index (χ3v) is 4.20. The van der Waals surface area contributed by atoms with Gasteiger partial charge in [-0.15, -0.1) is 0 Å². The van der Waals surface area contributed by atoms with Crippen molar-refractivity contribution in [2.75, 3.05) is 31.2 Å². The summed E-state index contributed by atoms with van der Waals surface area (Å²) in [7, 11) is 0. The van der Waals surface area contributed by atoms with Crippen LogP contribution in [0.25, 0.3) is 0 Å². The van der Waals surface area contributed by atoms with Crippen LogP contribution in [0.1, 0.15) is 0 Å². The number of anilines is 1. The topological polar surface area (TPSA) is 77.1 Å². The number of carbonyl (C=O) groups is 2. The molecule has 2 amide bonds. The maximum atomic E-state index is 12.3. The van der Waals surface area contributed by atoms with Crippen molar-refractivity contribution < 1.29 is 23.8 Å². The van der Waals surface area contributed by atoms with Crippen LogP contribution in [0.4, 0.5) is 5.69 Å². The van der Waals surface area contributed by atoms with E-state index in [0.717, 1.165) is 0 Å². The molecule has 7 heteroatoms. The number of benzene rings is 2. The summed E-state index contributed by atoms with van der Waals surface area (Å²) >= 11 is 0. The third kappa shape index (κ3) is 3.28. The second kappa shape index (κ2) is 6.95. The molecular weight excluding hydrogens is 336 g/mol. The minimum Gasteiger partial charge on any atom is -0.486 e. The van der Waals surface area contributed by atoms with Gasteiger partial charge in [-0.25, -0.2) is 0 Å². The molecule has 134 valence electrons. The van der Waals surface area contributed by atoms with Crippen LogP contribution >= 0.6 is 0 Å². The molecule has 0 unspecified atom stereocenters. The van der Waals surface area contributed by atoms with Gasteiger partial charge in [0.25, 0.3) is 5.91 Å². The highest BCUT2D eigenvalue weighted by Crippen LogP contribution is 2.32. The molecule has 0 fully saturated rings. The Bertz CT molecular complexity index is 838. The largest absolute Gasteiger partial charge is 0.486 e. The predicted molar refractivity (Wildman–Crippen MR) is 93.7 cm³/mol. The van der Waals surface area contributed by atoms with Crippen LogP contribution in [-0.2, 0) is 9.59 Å². The first-order chi connectivity index (χ1) is 12.7. The molecule has 0 saturated heterocycles. The lowest BCUT2D eigenvalue weighted by molar-refractivity contribution is -0.125. The van der Waals surface area contributed by atoms with Crippen molar-refractivity contribution >= 4 is 17.5 Å². The van der Waals surface area contributed by atoms with Gasteiger partial charge < -0.3 is 19.5 Å². The summed E-state index contributed by atoms with van der Waals surface area (Å²) in [6, 6.07) is 14.6. The average molecular weight is 354 g/mol. The number of amides is 2. The summed E-state index contributed by atoms with van der Waals surface area (Å²) in [5.74, 6) is 1.45. The fourth-order valence-electron chi connectivity index (χ4n) is 2.92. The highest BCUT2D eigenvalue weighted by Gasteiger charge is 2.27. The second-order valence-electron chi connectivity index (χ2n) is 6.04. The van der Waals surface area contributed by atoms with Crippen molar-refractivity contribution in [1.82, 2.24) is 5.32 Å². The highest BCUT2D eigenvalue weighted by atomic mass is 16.6. The Labute approximate surface area is 150 Å². The molecule has 2 aromatic rings. The SMILES string of the molecule is O=C(CN1C(=O)COc2ccccc21)NC[C@@H]1COc2ccccc2O1. The monoisotopic (exact) mass is 354 g/mol. The van der Waals surface area contributed by atoms with Gasteiger partial charge in [0.2, 0.25) is 5.91 Å². The lowest BCUT2D eigenvalue weighted by Crippen LogP contribution is -2.47. The minimum absolute atomic E-state index is 0.0661. The van der Waals surface area contributed by atoms with Crippen molar-refractivity contribution in [3.05, 3.63) is 48.5 Å². The van der Waals surface area contributed by atoms with E-state index in [1.807, 2.05) is 30.3 Å². The smallest absolute Gasteiger partial charge is 0.265 e. The Morgan fingerprint density at radius 3 is 2.62 bits per heavy atom. The quantitative estimate of drug-likeness (QED) is 0.897. The lowest BCUT2D eigenvalue weighted by atomic mass is 10.2. The molecule has 0 aliphatic carbocycles. The van der Waals surface area contributed by atoms with E-state index in [4.69, 9.17) is 14.2 Å². The number of hydrogen-bond acceptors (Lipinski definition) is 5. The molecule has 1 atom stereocenters. The zero-order chi connectivity index (χ0) is 17.9. The average Bonchev–Trinajstić information content (AvgIpc) is 2.68. The van der Waals surface area contributed by atoms with Crippen LogP contribution in [-0.4, -0.2) is 44.2 Å². The van der Waals surface area contributed by atoms with Crippen molar-refractivity contribution in [2.24, 2.45) is 0 Å². The molecule has 0 spiro atoms. The van der Waals surface area contributed by atoms with Crippen LogP contribution in [0.5, 0.6) is 17.2 Å². The lowest BCUT2D eigenvalue weighted by Gasteiger charge is -2.29. The van der Waals surface area contributed by atoms with Gasteiger partial charge in [-0.05, 0) is 24.3 Å². The van der Waals surface area contributed by atoms with Crippen LogP contribution in [0, 0.1) is 0 Å². The van der Waals surface area contributed by atoms with E-state index in [0.29, 0.717) is 36.1 Å². The number of nitrogens with one attached hydrogen (secondary N) is 1. The van der Waals surface area contributed by atoms with Crippen molar-refractivity contribution in [2.45, 2.75) is 6.10 Å². The highest BCUT2D eigenvalue weighted by molar-refractivity contribution is 6.02. The fourth-order valence-corrected chi connectivity index (χ4v) is 2.92. The van der Waals surface area contributed by atoms with E-state index in [9.17, 15) is 9.59 Å². The number of ether oxygens (including phenoxy) is 3. The Balaban J connectivity index is 1.34. The van der Waals surface area contributed by atoms with Gasteiger partial charge in [-0.1, -0.05) is 24.3 Å². The van der Waals surface area contributed by atoms with Crippen LogP contribution in [0.15, 0.2) is 48.5 Å². The number of hydrogen-bond donors (Lipinski definition) is 1. The molecule has 4 rings (SSSR count). The molecule has 0 bridgehead atoms. The van der Waals surface area contributed by atoms with E-state index in [1.165, 1.54) is 4.90 Å². The standard InChI is InChI=1S/C19H18N2O5/c22-18(10-21-14-5-1-2-6-15(14)25-12-19(21)23)20-9-13-11-24-16-7-3-4-8-17(16)26-13/h1-8,13H,9-12H2,(H,20,22)/t13-/m1/s1. The van der Waals surface area contributed by atoms with E-state index in [2.05, 4.69) is 5.32 Å². The summed E-state index contributed by atoms with van der Waals surface area (Å²) in [6.45, 7) is 0.522. The van der Waals surface area contributed by atoms with E-state index < -0.39 is 0 Å². The summed E-state index contributed by atoms with van der Waals surface area (Å²) in [6.07, 6.45) is -0.276. The molecule has 26 heavy (non-hydrogen) atoms. The molecule has 1 N–H and O–H groups in total. The van der Waals surface area contributed by atoms with Crippen molar-refractivity contribution in [3.63, 3.8) is 0 Å². The Morgan fingerprint density at radius 2 is 1.77 bits per heavy atom. The molecule has 7 nitrogen and oxygen atoms in total. The molecule has 2 aliphatic heterocycles. The van der Waals surface area contributed by atoms with Gasteiger partial charge in [0.15, 0.2) is 18.1 Å². The van der Waals surface area contributed by atoms with Gasteiger partial charge in [0.1, 0.15) is 25.0 Å². The Kier molecular flexibility index (Phi) is 4.35. The zero-order valence-corrected chi connectivity index (χ0v) is 14.0. The number of rotatable bonds is 4. The van der Waals surface area contributed by atoms with E-state index >= 15 is 0 Å². The number of para-hydroxylation sites is 4. The Hall–Kier alpha value is -3.22. The van der Waals surface area contributed by atoms with Crippen LogP contribution in [0.3, 0.4) is 0 Å². The first-order valence-electron chi connectivity index (χ1n) is 8.38. The fraction of sp³-hybridized carbons (Fsp3) is 0.263. The first kappa shape index (κ1) is 16.3. The number of carbonyl (C=O) groups excluding carboxylic acids is 2. The molecule has 2 heterocycles. The van der Waals surface area contributed by atoms with Crippen LogP contribution < -0.4 is 24.4 Å². The molecule has 0 saturated carbocycles. The van der Waals surface area contributed by atoms with Crippen LogP contribution in [0.2, 0.25) is 0 Å². The Morgan fingerprint density at radius 1 is 1.04 bits per heavy atom. The summed E-state index contributed by atoms with van der Waals surface area (Å²) in [4.78, 5) is 25.9. The minimum atomic E-state index is -0.276. The summed E-state index contributed by atoms with van der Waals surface area (Å²) < 4.78 is 16.8. The van der Waals surface area contributed by atoms with Gasteiger partial charge in [-0.3, -0.25) is 14.5 Å². The van der Waals surface area contributed by atoms with Crippen molar-refractivity contribution in [1.29, 1.82) is 0 Å². The van der Waals surface area contributed by atoms with Crippen molar-refractivity contribution in [3.8, 4) is 17.2 Å². The predicted octanol–water partition coefficient (Wildman–Crippen LogP) is 1.37. The van der Waals surface area contributed by atoms with E-state index in [1.54, 1.807) is 18.2 Å². The van der Waals surface area contributed by atoms with Gasteiger partial charge in [0, 0.05) is 0 Å². The number of nitrogens with zero attached hydrogens (tertiary/aromatic N) is 1. The molecule has 2 aliphatic rings. The summed E-state index contributed by atoms with van der Waals surface area (Å²) in [5.41, 5.74) is 0.602. The molecule has 0 radical (unpaired) electrons. The first-order valence-corrected chi connectivity index (χ1v) is 8.38. The van der Waals surface area contributed by atoms with Gasteiger partial charge in [0.05, 0.1) is 12.2 Å². The zero-order valence-electron chi connectivity index (χ0n) is 14.0. The molecular formula is C19H18N2O5. The summed E-state index contributed by atoms with van der Waals surface area (Å²) in [5, 5.41) is 2.80. The molecule has 0 aromatic heterocycles.